The number of aliphatic carboxylic acids is 1. The van der Waals surface area contributed by atoms with Gasteiger partial charge in [-0.2, -0.15) is 0 Å². The van der Waals surface area contributed by atoms with Crippen molar-refractivity contribution < 1.29 is 18.7 Å². The summed E-state index contributed by atoms with van der Waals surface area (Å²) < 4.78 is 27.0. The highest BCUT2D eigenvalue weighted by atomic mass is 19.1. The van der Waals surface area contributed by atoms with Gasteiger partial charge in [-0.05, 0) is 48.8 Å². The Hall–Kier alpha value is -1.49. The predicted molar refractivity (Wildman–Crippen MR) is 76.2 cm³/mol. The van der Waals surface area contributed by atoms with Crippen molar-refractivity contribution in [3.63, 3.8) is 0 Å². The van der Waals surface area contributed by atoms with Crippen molar-refractivity contribution in [2.75, 3.05) is 0 Å². The van der Waals surface area contributed by atoms with Gasteiger partial charge in [-0.25, -0.2) is 8.78 Å². The topological polar surface area (TPSA) is 49.3 Å². The Labute approximate surface area is 123 Å². The molecule has 116 valence electrons. The van der Waals surface area contributed by atoms with Crippen LogP contribution in [0.25, 0.3) is 0 Å². The second-order valence-corrected chi connectivity index (χ2v) is 6.15. The predicted octanol–water partition coefficient (Wildman–Crippen LogP) is 2.91. The molecule has 0 heterocycles. The fraction of sp³-hybridized carbons (Fsp3) is 0.562. The minimum atomic E-state index is -0.880. The second kappa shape index (κ2) is 6.52. The minimum absolute atomic E-state index is 0.0858. The highest BCUT2D eigenvalue weighted by Gasteiger charge is 2.27. The van der Waals surface area contributed by atoms with Crippen molar-refractivity contribution in [3.8, 4) is 0 Å². The number of hydrogen-bond donors (Lipinski definition) is 2. The largest absolute Gasteiger partial charge is 0.480 e. The van der Waals surface area contributed by atoms with Crippen LogP contribution in [0.3, 0.4) is 0 Å². The van der Waals surface area contributed by atoms with Crippen molar-refractivity contribution in [1.82, 2.24) is 5.32 Å². The van der Waals surface area contributed by atoms with Crippen LogP contribution >= 0.6 is 0 Å². The fourth-order valence-corrected chi connectivity index (χ4v) is 2.92. The van der Waals surface area contributed by atoms with Gasteiger partial charge in [0.1, 0.15) is 17.7 Å². The number of carboxylic acids is 1. The van der Waals surface area contributed by atoms with Crippen molar-refractivity contribution in [3.05, 3.63) is 34.9 Å². The van der Waals surface area contributed by atoms with Crippen molar-refractivity contribution >= 4 is 5.97 Å². The van der Waals surface area contributed by atoms with Gasteiger partial charge in [0.2, 0.25) is 0 Å². The Balaban J connectivity index is 2.08. The molecule has 0 amide bonds. The van der Waals surface area contributed by atoms with Crippen molar-refractivity contribution in [2.24, 2.45) is 5.92 Å². The van der Waals surface area contributed by atoms with Crippen LogP contribution < -0.4 is 5.32 Å². The molecule has 2 unspecified atom stereocenters. The number of fused-ring (bicyclic) bond motifs is 1. The third kappa shape index (κ3) is 4.00. The molecule has 0 aromatic heterocycles. The fourth-order valence-electron chi connectivity index (χ4n) is 2.92. The smallest absolute Gasteiger partial charge is 0.320 e. The molecular weight excluding hydrogens is 276 g/mol. The molecule has 0 aliphatic heterocycles. The Morgan fingerprint density at radius 1 is 1.43 bits per heavy atom. The highest BCUT2D eigenvalue weighted by Crippen LogP contribution is 2.25. The molecule has 1 aliphatic rings. The molecule has 3 nitrogen and oxygen atoms in total. The molecule has 5 heteroatoms. The van der Waals surface area contributed by atoms with Gasteiger partial charge in [-0.15, -0.1) is 0 Å². The number of aryl methyl sites for hydroxylation is 1. The van der Waals surface area contributed by atoms with E-state index in [1.165, 1.54) is 6.07 Å². The first kappa shape index (κ1) is 15.9. The van der Waals surface area contributed by atoms with Crippen LogP contribution in [0.2, 0.25) is 0 Å². The summed E-state index contributed by atoms with van der Waals surface area (Å²) in [6.07, 6.45) is 2.20. The summed E-state index contributed by atoms with van der Waals surface area (Å²) in [5.41, 5.74) is 1.20. The lowest BCUT2D eigenvalue weighted by atomic mass is 9.87. The molecular formula is C16H21F2NO2. The molecule has 0 radical (unpaired) electrons. The maximum Gasteiger partial charge on any atom is 0.320 e. The van der Waals surface area contributed by atoms with E-state index in [-0.39, 0.29) is 12.0 Å². The van der Waals surface area contributed by atoms with E-state index in [9.17, 15) is 18.7 Å². The van der Waals surface area contributed by atoms with Crippen LogP contribution in [0.5, 0.6) is 0 Å². The number of benzene rings is 1. The zero-order valence-electron chi connectivity index (χ0n) is 12.3. The van der Waals surface area contributed by atoms with Gasteiger partial charge < -0.3 is 10.4 Å². The van der Waals surface area contributed by atoms with Gasteiger partial charge in [-0.1, -0.05) is 13.8 Å². The number of carboxylic acid groups (broad SMARTS) is 1. The van der Waals surface area contributed by atoms with Crippen LogP contribution in [0.15, 0.2) is 12.1 Å². The molecule has 2 N–H and O–H groups in total. The van der Waals surface area contributed by atoms with Gasteiger partial charge in [0.15, 0.2) is 0 Å². The van der Waals surface area contributed by atoms with Gasteiger partial charge in [0.25, 0.3) is 0 Å². The van der Waals surface area contributed by atoms with Crippen molar-refractivity contribution in [2.45, 2.75) is 51.6 Å². The maximum absolute atomic E-state index is 13.8. The summed E-state index contributed by atoms with van der Waals surface area (Å²) in [4.78, 5) is 11.3. The summed E-state index contributed by atoms with van der Waals surface area (Å²) in [5.74, 6) is -1.71. The average molecular weight is 297 g/mol. The lowest BCUT2D eigenvalue weighted by molar-refractivity contribution is -0.140. The summed E-state index contributed by atoms with van der Waals surface area (Å²) in [7, 11) is 0. The first-order valence-corrected chi connectivity index (χ1v) is 7.32. The van der Waals surface area contributed by atoms with Gasteiger partial charge in [-0.3, -0.25) is 4.79 Å². The summed E-state index contributed by atoms with van der Waals surface area (Å²) in [6.45, 7) is 3.94. The molecule has 0 saturated heterocycles. The third-order valence-electron chi connectivity index (χ3n) is 3.91. The van der Waals surface area contributed by atoms with Gasteiger partial charge >= 0.3 is 5.97 Å². The maximum atomic E-state index is 13.8. The average Bonchev–Trinajstić information content (AvgIpc) is 2.38. The first-order chi connectivity index (χ1) is 9.86. The normalized spacial score (nSPS) is 19.4. The Bertz CT molecular complexity index is 531. The standard InChI is InChI=1S/C16H21F2NO2/c1-9(2)5-15(16(20)21)19-12-4-3-10-6-11(17)7-14(18)13(10)8-12/h6-7,9,12,15,19H,3-5,8H2,1-2H3,(H,20,21). The number of rotatable bonds is 5. The summed E-state index contributed by atoms with van der Waals surface area (Å²) in [5, 5.41) is 12.4. The first-order valence-electron chi connectivity index (χ1n) is 7.32. The SMILES string of the molecule is CC(C)CC(NC1CCc2cc(F)cc(F)c2C1)C(=O)O. The summed E-state index contributed by atoms with van der Waals surface area (Å²) in [6, 6.07) is 1.55. The van der Waals surface area contributed by atoms with E-state index in [0.29, 0.717) is 36.8 Å². The Morgan fingerprint density at radius 2 is 2.14 bits per heavy atom. The van der Waals surface area contributed by atoms with Crippen LogP contribution in [-0.4, -0.2) is 23.2 Å². The highest BCUT2D eigenvalue weighted by molar-refractivity contribution is 5.73. The van der Waals surface area contributed by atoms with Crippen LogP contribution in [-0.2, 0) is 17.6 Å². The number of carbonyl (C=O) groups is 1. The van der Waals surface area contributed by atoms with Crippen LogP contribution in [0.4, 0.5) is 8.78 Å². The molecule has 0 spiro atoms. The quantitative estimate of drug-likeness (QED) is 0.878. The lowest BCUT2D eigenvalue weighted by Gasteiger charge is -2.29. The number of halogens is 2. The minimum Gasteiger partial charge on any atom is -0.480 e. The van der Waals surface area contributed by atoms with E-state index in [1.54, 1.807) is 0 Å². The van der Waals surface area contributed by atoms with Crippen LogP contribution in [0.1, 0.15) is 37.8 Å². The van der Waals surface area contributed by atoms with Crippen LogP contribution in [0, 0.1) is 17.6 Å². The van der Waals surface area contributed by atoms with E-state index in [1.807, 2.05) is 13.8 Å². The number of hydrogen-bond acceptors (Lipinski definition) is 2. The van der Waals surface area contributed by atoms with E-state index >= 15 is 0 Å². The molecule has 0 fully saturated rings. The lowest BCUT2D eigenvalue weighted by Crippen LogP contribution is -2.46. The molecule has 0 bridgehead atoms. The molecule has 2 atom stereocenters. The molecule has 1 aromatic carbocycles. The van der Waals surface area contributed by atoms with E-state index < -0.39 is 23.6 Å². The van der Waals surface area contributed by atoms with E-state index in [2.05, 4.69) is 5.32 Å². The molecule has 21 heavy (non-hydrogen) atoms. The Kier molecular flexibility index (Phi) is 4.93. The molecule has 1 aliphatic carbocycles. The molecule has 2 rings (SSSR count). The summed E-state index contributed by atoms with van der Waals surface area (Å²) >= 11 is 0. The van der Waals surface area contributed by atoms with Gasteiger partial charge in [0.05, 0.1) is 0 Å². The van der Waals surface area contributed by atoms with E-state index in [4.69, 9.17) is 0 Å². The number of nitrogens with one attached hydrogen (secondary N) is 1. The Morgan fingerprint density at radius 3 is 2.76 bits per heavy atom. The van der Waals surface area contributed by atoms with Crippen molar-refractivity contribution in [1.29, 1.82) is 0 Å². The molecule has 0 saturated carbocycles. The van der Waals surface area contributed by atoms with Gasteiger partial charge in [0, 0.05) is 12.1 Å². The molecule has 1 aromatic rings. The second-order valence-electron chi connectivity index (χ2n) is 6.15. The zero-order chi connectivity index (χ0) is 15.6. The third-order valence-corrected chi connectivity index (χ3v) is 3.91. The zero-order valence-corrected chi connectivity index (χ0v) is 12.3. The van der Waals surface area contributed by atoms with E-state index in [0.717, 1.165) is 6.07 Å². The monoisotopic (exact) mass is 297 g/mol.